The van der Waals surface area contributed by atoms with E-state index >= 15 is 0 Å². The van der Waals surface area contributed by atoms with Crippen molar-refractivity contribution >= 4 is 11.7 Å². The molecule has 1 aromatic rings. The fraction of sp³-hybridized carbons (Fsp3) is 0.333. The zero-order valence-electron chi connectivity index (χ0n) is 8.43. The normalized spacial score (nSPS) is 11.0. The summed E-state index contributed by atoms with van der Waals surface area (Å²) in [4.78, 5) is 14.4. The summed E-state index contributed by atoms with van der Waals surface area (Å²) in [6.45, 7) is -0.253. The number of carbonyl (C=O) groups excluding carboxylic acids is 1. The lowest BCUT2D eigenvalue weighted by Crippen LogP contribution is -2.27. The quantitative estimate of drug-likeness (QED) is 0.826. The van der Waals surface area contributed by atoms with Gasteiger partial charge in [-0.2, -0.15) is 13.2 Å². The number of likely N-dealkylation sites (N-methyl/N-ethyl adjacent to an activating group) is 1. The third-order valence-corrected chi connectivity index (χ3v) is 1.81. The van der Waals surface area contributed by atoms with Crippen molar-refractivity contribution in [1.29, 1.82) is 0 Å². The third kappa shape index (κ3) is 3.11. The molecule has 0 spiro atoms. The van der Waals surface area contributed by atoms with Gasteiger partial charge in [0.2, 0.25) is 5.91 Å². The summed E-state index contributed by atoms with van der Waals surface area (Å²) in [6.07, 6.45) is -3.26. The summed E-state index contributed by atoms with van der Waals surface area (Å²) in [5.41, 5.74) is -0.890. The van der Waals surface area contributed by atoms with Gasteiger partial charge in [0.1, 0.15) is 5.82 Å². The first-order chi connectivity index (χ1) is 7.45. The van der Waals surface area contributed by atoms with Crippen LogP contribution in [0, 0.1) is 0 Å². The van der Waals surface area contributed by atoms with E-state index in [-0.39, 0.29) is 12.4 Å². The van der Waals surface area contributed by atoms with E-state index < -0.39 is 17.6 Å². The maximum atomic E-state index is 12.5. The first-order valence-electron chi connectivity index (χ1n) is 4.42. The highest BCUT2D eigenvalue weighted by molar-refractivity contribution is 5.80. The van der Waals surface area contributed by atoms with Crippen LogP contribution in [0.5, 0.6) is 0 Å². The highest BCUT2D eigenvalue weighted by atomic mass is 19.4. The average Bonchev–Trinajstić information content (AvgIpc) is 2.25. The number of nitrogens with one attached hydrogen (secondary N) is 2. The van der Waals surface area contributed by atoms with Gasteiger partial charge in [0.15, 0.2) is 0 Å². The number of nitrogens with zero attached hydrogens (tertiary/aromatic N) is 1. The number of pyridine rings is 1. The van der Waals surface area contributed by atoms with E-state index in [9.17, 15) is 18.0 Å². The van der Waals surface area contributed by atoms with Crippen molar-refractivity contribution in [3.05, 3.63) is 23.9 Å². The van der Waals surface area contributed by atoms with E-state index in [1.165, 1.54) is 19.3 Å². The van der Waals surface area contributed by atoms with E-state index in [4.69, 9.17) is 0 Å². The van der Waals surface area contributed by atoms with Gasteiger partial charge in [-0.05, 0) is 12.1 Å². The smallest absolute Gasteiger partial charge is 0.361 e. The second-order valence-corrected chi connectivity index (χ2v) is 2.92. The first-order valence-corrected chi connectivity index (χ1v) is 4.42. The third-order valence-electron chi connectivity index (χ3n) is 1.81. The highest BCUT2D eigenvalue weighted by Gasteiger charge is 2.34. The Morgan fingerprint density at radius 3 is 2.75 bits per heavy atom. The highest BCUT2D eigenvalue weighted by Crippen LogP contribution is 2.33. The second kappa shape index (κ2) is 4.82. The standard InChI is InChI=1S/C9H10F3N3O/c1-13-7(16)5-15-8-6(9(10,11)12)3-2-4-14-8/h2-4H,5H2,1H3,(H,13,16)(H,14,15). The number of rotatable bonds is 3. The van der Waals surface area contributed by atoms with E-state index in [2.05, 4.69) is 15.6 Å². The number of anilines is 1. The van der Waals surface area contributed by atoms with Crippen LogP contribution in [-0.4, -0.2) is 24.5 Å². The number of carbonyl (C=O) groups is 1. The van der Waals surface area contributed by atoms with Crippen molar-refractivity contribution in [2.75, 3.05) is 18.9 Å². The van der Waals surface area contributed by atoms with E-state index in [1.54, 1.807) is 0 Å². The molecule has 1 aromatic heterocycles. The Balaban J connectivity index is 2.84. The van der Waals surface area contributed by atoms with Crippen LogP contribution >= 0.6 is 0 Å². The number of amides is 1. The van der Waals surface area contributed by atoms with Gasteiger partial charge in [0, 0.05) is 13.2 Å². The average molecular weight is 233 g/mol. The minimum atomic E-state index is -4.49. The van der Waals surface area contributed by atoms with Crippen LogP contribution in [0.15, 0.2) is 18.3 Å². The van der Waals surface area contributed by atoms with E-state index in [0.29, 0.717) is 0 Å². The molecule has 16 heavy (non-hydrogen) atoms. The zero-order valence-corrected chi connectivity index (χ0v) is 8.43. The molecule has 1 amide bonds. The summed E-state index contributed by atoms with van der Waals surface area (Å²) in [7, 11) is 1.40. The molecule has 0 bridgehead atoms. The summed E-state index contributed by atoms with van der Waals surface area (Å²) in [6, 6.07) is 2.09. The fourth-order valence-corrected chi connectivity index (χ4v) is 1.03. The second-order valence-electron chi connectivity index (χ2n) is 2.92. The number of aromatic nitrogens is 1. The molecule has 0 saturated carbocycles. The fourth-order valence-electron chi connectivity index (χ4n) is 1.03. The Morgan fingerprint density at radius 2 is 2.19 bits per heavy atom. The molecule has 0 radical (unpaired) electrons. The summed E-state index contributed by atoms with van der Waals surface area (Å²) >= 11 is 0. The molecular formula is C9H10F3N3O. The van der Waals surface area contributed by atoms with E-state index in [0.717, 1.165) is 6.07 Å². The molecule has 4 nitrogen and oxygen atoms in total. The molecule has 0 aliphatic carbocycles. The molecule has 88 valence electrons. The number of halogens is 3. The monoisotopic (exact) mass is 233 g/mol. The van der Waals surface area contributed by atoms with Gasteiger partial charge < -0.3 is 10.6 Å². The number of hydrogen-bond acceptors (Lipinski definition) is 3. The van der Waals surface area contributed by atoms with Gasteiger partial charge in [0.05, 0.1) is 12.1 Å². The Morgan fingerprint density at radius 1 is 1.50 bits per heavy atom. The molecule has 0 atom stereocenters. The predicted octanol–water partition coefficient (Wildman–Crippen LogP) is 1.26. The van der Waals surface area contributed by atoms with E-state index in [1.807, 2.05) is 0 Å². The van der Waals surface area contributed by atoms with Gasteiger partial charge in [-0.3, -0.25) is 4.79 Å². The minimum Gasteiger partial charge on any atom is -0.361 e. The van der Waals surface area contributed by atoms with Crippen molar-refractivity contribution in [3.63, 3.8) is 0 Å². The van der Waals surface area contributed by atoms with Gasteiger partial charge in [-0.1, -0.05) is 0 Å². The van der Waals surface area contributed by atoms with Crippen LogP contribution in [-0.2, 0) is 11.0 Å². The predicted molar refractivity (Wildman–Crippen MR) is 51.8 cm³/mol. The van der Waals surface area contributed by atoms with Gasteiger partial charge in [0.25, 0.3) is 0 Å². The van der Waals surface area contributed by atoms with Crippen LogP contribution in [0.2, 0.25) is 0 Å². The Kier molecular flexibility index (Phi) is 3.70. The van der Waals surface area contributed by atoms with Crippen molar-refractivity contribution < 1.29 is 18.0 Å². The number of alkyl halides is 3. The minimum absolute atomic E-state index is 0.253. The van der Waals surface area contributed by atoms with Crippen molar-refractivity contribution in [2.45, 2.75) is 6.18 Å². The molecule has 7 heteroatoms. The SMILES string of the molecule is CNC(=O)CNc1ncccc1C(F)(F)F. The zero-order chi connectivity index (χ0) is 12.2. The van der Waals surface area contributed by atoms with Crippen LogP contribution in [0.25, 0.3) is 0 Å². The van der Waals surface area contributed by atoms with Crippen LogP contribution < -0.4 is 10.6 Å². The van der Waals surface area contributed by atoms with Crippen LogP contribution in [0.1, 0.15) is 5.56 Å². The maximum absolute atomic E-state index is 12.5. The Hall–Kier alpha value is -1.79. The molecule has 0 fully saturated rings. The molecule has 0 saturated heterocycles. The lowest BCUT2D eigenvalue weighted by Gasteiger charge is -2.12. The maximum Gasteiger partial charge on any atom is 0.419 e. The molecule has 1 rings (SSSR count). The lowest BCUT2D eigenvalue weighted by atomic mass is 10.2. The Bertz CT molecular complexity index is 379. The van der Waals surface area contributed by atoms with Crippen molar-refractivity contribution in [2.24, 2.45) is 0 Å². The topological polar surface area (TPSA) is 54.0 Å². The molecular weight excluding hydrogens is 223 g/mol. The molecule has 0 aliphatic rings. The van der Waals surface area contributed by atoms with Gasteiger partial charge >= 0.3 is 6.18 Å². The summed E-state index contributed by atoms with van der Waals surface area (Å²) < 4.78 is 37.4. The largest absolute Gasteiger partial charge is 0.419 e. The van der Waals surface area contributed by atoms with Crippen molar-refractivity contribution in [1.82, 2.24) is 10.3 Å². The summed E-state index contributed by atoms with van der Waals surface area (Å²) in [5, 5.41) is 4.61. The van der Waals surface area contributed by atoms with Gasteiger partial charge in [-0.15, -0.1) is 0 Å². The molecule has 0 unspecified atom stereocenters. The molecule has 2 N–H and O–H groups in total. The first kappa shape index (κ1) is 12.3. The van der Waals surface area contributed by atoms with Crippen molar-refractivity contribution in [3.8, 4) is 0 Å². The van der Waals surface area contributed by atoms with Crippen LogP contribution in [0.4, 0.5) is 19.0 Å². The number of hydrogen-bond donors (Lipinski definition) is 2. The molecule has 0 aliphatic heterocycles. The lowest BCUT2D eigenvalue weighted by molar-refractivity contribution is -0.137. The van der Waals surface area contributed by atoms with Crippen LogP contribution in [0.3, 0.4) is 0 Å². The molecule has 0 aromatic carbocycles. The summed E-state index contributed by atoms with van der Waals surface area (Å²) in [5.74, 6) is -0.766. The van der Waals surface area contributed by atoms with Gasteiger partial charge in [-0.25, -0.2) is 4.98 Å². The Labute approximate surface area is 89.9 Å². The molecule has 1 heterocycles.